The van der Waals surface area contributed by atoms with Crippen LogP contribution in [0.2, 0.25) is 5.02 Å². The number of halogens is 1. The third-order valence-corrected chi connectivity index (χ3v) is 2.21. The molecule has 0 spiro atoms. The van der Waals surface area contributed by atoms with Crippen LogP contribution in [0, 0.1) is 0 Å². The fraction of sp³-hybridized carbons (Fsp3) is 0.273. The molecule has 16 heavy (non-hydrogen) atoms. The fourth-order valence-corrected chi connectivity index (χ4v) is 1.54. The number of rotatable bonds is 3. The van der Waals surface area contributed by atoms with E-state index in [1.165, 1.54) is 6.33 Å². The Bertz CT molecular complexity index is 469. The lowest BCUT2D eigenvalue weighted by atomic mass is 10.2. The summed E-state index contributed by atoms with van der Waals surface area (Å²) in [5.41, 5.74) is 0.707. The largest absolute Gasteiger partial charge is 0.489 e. The van der Waals surface area contributed by atoms with Gasteiger partial charge in [-0.15, -0.1) is 0 Å². The first-order valence-electron chi connectivity index (χ1n) is 4.90. The number of nitrogens with zero attached hydrogens (tertiary/aromatic N) is 2. The van der Waals surface area contributed by atoms with E-state index in [0.29, 0.717) is 22.2 Å². The van der Waals surface area contributed by atoms with Crippen LogP contribution in [0.25, 0.3) is 11.5 Å². The summed E-state index contributed by atoms with van der Waals surface area (Å²) in [7, 11) is 0. The molecule has 84 valence electrons. The Morgan fingerprint density at radius 2 is 2.19 bits per heavy atom. The Kier molecular flexibility index (Phi) is 3.10. The van der Waals surface area contributed by atoms with Crippen molar-refractivity contribution in [3.63, 3.8) is 0 Å². The zero-order valence-corrected chi connectivity index (χ0v) is 9.73. The second-order valence-electron chi connectivity index (χ2n) is 3.53. The smallest absolute Gasteiger partial charge is 0.261 e. The summed E-state index contributed by atoms with van der Waals surface area (Å²) in [4.78, 5) is 3.98. The van der Waals surface area contributed by atoms with Crippen LogP contribution in [0.1, 0.15) is 13.8 Å². The Morgan fingerprint density at radius 1 is 1.38 bits per heavy atom. The van der Waals surface area contributed by atoms with E-state index in [2.05, 4.69) is 10.1 Å². The fourth-order valence-electron chi connectivity index (χ4n) is 1.32. The lowest BCUT2D eigenvalue weighted by Gasteiger charge is -2.13. The van der Waals surface area contributed by atoms with Crippen molar-refractivity contribution in [2.45, 2.75) is 20.0 Å². The van der Waals surface area contributed by atoms with Gasteiger partial charge in [0, 0.05) is 0 Å². The number of hydrogen-bond donors (Lipinski definition) is 0. The highest BCUT2D eigenvalue weighted by Crippen LogP contribution is 2.35. The van der Waals surface area contributed by atoms with Crippen LogP contribution in [-0.2, 0) is 0 Å². The summed E-state index contributed by atoms with van der Waals surface area (Å²) in [5.74, 6) is 0.974. The van der Waals surface area contributed by atoms with Crippen LogP contribution in [0.5, 0.6) is 5.75 Å². The molecule has 0 amide bonds. The highest BCUT2D eigenvalue weighted by atomic mass is 35.5. The Balaban J connectivity index is 2.48. The zero-order chi connectivity index (χ0) is 11.5. The number of aromatic nitrogens is 2. The van der Waals surface area contributed by atoms with Gasteiger partial charge in [-0.25, -0.2) is 0 Å². The van der Waals surface area contributed by atoms with Crippen molar-refractivity contribution in [2.24, 2.45) is 0 Å². The third kappa shape index (κ3) is 2.17. The van der Waals surface area contributed by atoms with Crippen molar-refractivity contribution in [2.75, 3.05) is 0 Å². The molecule has 1 aromatic carbocycles. The van der Waals surface area contributed by atoms with Gasteiger partial charge in [0.2, 0.25) is 0 Å². The molecule has 1 heterocycles. The van der Waals surface area contributed by atoms with Crippen LogP contribution < -0.4 is 4.74 Å². The van der Waals surface area contributed by atoms with Crippen molar-refractivity contribution < 1.29 is 9.26 Å². The van der Waals surface area contributed by atoms with Gasteiger partial charge in [0.05, 0.1) is 16.7 Å². The van der Waals surface area contributed by atoms with Gasteiger partial charge in [-0.3, -0.25) is 0 Å². The van der Waals surface area contributed by atoms with E-state index in [4.69, 9.17) is 20.9 Å². The molecule has 2 rings (SSSR count). The molecular weight excluding hydrogens is 228 g/mol. The van der Waals surface area contributed by atoms with Crippen molar-refractivity contribution in [1.82, 2.24) is 10.1 Å². The highest BCUT2D eigenvalue weighted by molar-refractivity contribution is 6.32. The normalized spacial score (nSPS) is 10.8. The number of hydrogen-bond acceptors (Lipinski definition) is 4. The van der Waals surface area contributed by atoms with Crippen molar-refractivity contribution >= 4 is 11.6 Å². The molecule has 0 bridgehead atoms. The first-order chi connectivity index (χ1) is 7.68. The van der Waals surface area contributed by atoms with Crippen molar-refractivity contribution in [3.8, 4) is 17.2 Å². The minimum Gasteiger partial charge on any atom is -0.489 e. The predicted molar refractivity (Wildman–Crippen MR) is 60.5 cm³/mol. The molecule has 1 aromatic heterocycles. The number of benzene rings is 1. The van der Waals surface area contributed by atoms with Gasteiger partial charge in [0.1, 0.15) is 0 Å². The SMILES string of the molecule is CC(C)Oc1c(Cl)cccc1-c1ncno1. The Hall–Kier alpha value is -1.55. The van der Waals surface area contributed by atoms with Crippen molar-refractivity contribution in [3.05, 3.63) is 29.5 Å². The molecule has 0 N–H and O–H groups in total. The first-order valence-corrected chi connectivity index (χ1v) is 5.28. The van der Waals surface area contributed by atoms with Gasteiger partial charge in [-0.05, 0) is 26.0 Å². The van der Waals surface area contributed by atoms with Gasteiger partial charge in [-0.1, -0.05) is 22.8 Å². The lowest BCUT2D eigenvalue weighted by Crippen LogP contribution is -2.07. The second kappa shape index (κ2) is 4.53. The van der Waals surface area contributed by atoms with Crippen LogP contribution in [0.15, 0.2) is 29.0 Å². The van der Waals surface area contributed by atoms with E-state index in [0.717, 1.165) is 0 Å². The molecule has 0 aliphatic rings. The summed E-state index contributed by atoms with van der Waals surface area (Å²) < 4.78 is 10.6. The molecule has 0 saturated carbocycles. The quantitative estimate of drug-likeness (QED) is 0.824. The highest BCUT2D eigenvalue weighted by Gasteiger charge is 2.15. The molecule has 0 aliphatic carbocycles. The summed E-state index contributed by atoms with van der Waals surface area (Å²) in [6, 6.07) is 5.41. The average molecular weight is 239 g/mol. The lowest BCUT2D eigenvalue weighted by molar-refractivity contribution is 0.243. The molecule has 5 heteroatoms. The molecule has 0 saturated heterocycles. The van der Waals surface area contributed by atoms with Gasteiger partial charge >= 0.3 is 0 Å². The van der Waals surface area contributed by atoms with E-state index in [1.807, 2.05) is 26.0 Å². The van der Waals surface area contributed by atoms with Gasteiger partial charge in [0.15, 0.2) is 12.1 Å². The predicted octanol–water partition coefficient (Wildman–Crippen LogP) is 3.18. The van der Waals surface area contributed by atoms with Gasteiger partial charge in [-0.2, -0.15) is 4.98 Å². The molecule has 0 aliphatic heterocycles. The monoisotopic (exact) mass is 238 g/mol. The Morgan fingerprint density at radius 3 is 2.81 bits per heavy atom. The maximum absolute atomic E-state index is 6.08. The summed E-state index contributed by atoms with van der Waals surface area (Å²) in [5, 5.41) is 4.10. The van der Waals surface area contributed by atoms with Crippen LogP contribution in [0.3, 0.4) is 0 Å². The first kappa shape index (κ1) is 11.0. The molecule has 4 nitrogen and oxygen atoms in total. The van der Waals surface area contributed by atoms with Gasteiger partial charge < -0.3 is 9.26 Å². The minimum absolute atomic E-state index is 0.0292. The van der Waals surface area contributed by atoms with Crippen LogP contribution >= 0.6 is 11.6 Å². The molecular formula is C11H11ClN2O2. The zero-order valence-electron chi connectivity index (χ0n) is 8.98. The molecule has 0 atom stereocenters. The van der Waals surface area contributed by atoms with E-state index in [-0.39, 0.29) is 6.10 Å². The van der Waals surface area contributed by atoms with E-state index in [9.17, 15) is 0 Å². The number of ether oxygens (including phenoxy) is 1. The molecule has 0 unspecified atom stereocenters. The van der Waals surface area contributed by atoms with Crippen LogP contribution in [-0.4, -0.2) is 16.2 Å². The second-order valence-corrected chi connectivity index (χ2v) is 3.94. The van der Waals surface area contributed by atoms with E-state index >= 15 is 0 Å². The van der Waals surface area contributed by atoms with Crippen molar-refractivity contribution in [1.29, 1.82) is 0 Å². The maximum atomic E-state index is 6.08. The summed E-state index contributed by atoms with van der Waals surface area (Å²) in [6.45, 7) is 3.86. The third-order valence-electron chi connectivity index (χ3n) is 1.91. The average Bonchev–Trinajstić information content (AvgIpc) is 2.73. The van der Waals surface area contributed by atoms with Crippen LogP contribution in [0.4, 0.5) is 0 Å². The maximum Gasteiger partial charge on any atom is 0.261 e. The Labute approximate surface area is 98.2 Å². The molecule has 0 radical (unpaired) electrons. The standard InChI is InChI=1S/C11H11ClN2O2/c1-7(2)15-10-8(4-3-5-9(10)12)11-13-6-14-16-11/h3-7H,1-2H3. The summed E-state index contributed by atoms with van der Waals surface area (Å²) >= 11 is 6.08. The molecule has 0 fully saturated rings. The number of para-hydroxylation sites is 1. The topological polar surface area (TPSA) is 48.2 Å². The molecule has 2 aromatic rings. The minimum atomic E-state index is 0.0292. The van der Waals surface area contributed by atoms with Gasteiger partial charge in [0.25, 0.3) is 5.89 Å². The van der Waals surface area contributed by atoms with E-state index in [1.54, 1.807) is 6.07 Å². The van der Waals surface area contributed by atoms with E-state index < -0.39 is 0 Å². The summed E-state index contributed by atoms with van der Waals surface area (Å²) in [6.07, 6.45) is 1.37.